The maximum absolute atomic E-state index is 12.6. The fourth-order valence-corrected chi connectivity index (χ4v) is 4.85. The van der Waals surface area contributed by atoms with E-state index in [2.05, 4.69) is 9.44 Å². The maximum Gasteiger partial charge on any atom is 0.263 e. The molecular weight excluding hydrogens is 414 g/mol. The lowest BCUT2D eigenvalue weighted by Crippen LogP contribution is -2.16. The van der Waals surface area contributed by atoms with Crippen LogP contribution in [0.2, 0.25) is 0 Å². The van der Waals surface area contributed by atoms with Crippen LogP contribution in [0.1, 0.15) is 0 Å². The Morgan fingerprint density at radius 2 is 1.45 bits per heavy atom. The van der Waals surface area contributed by atoms with Gasteiger partial charge in [0.05, 0.1) is 29.1 Å². The average Bonchev–Trinajstić information content (AvgIpc) is 2.69. The number of methoxy groups -OCH3 is 1. The molecule has 0 aliphatic rings. The predicted octanol–water partition coefficient (Wildman–Crippen LogP) is 2.88. The first-order valence-electron chi connectivity index (χ1n) is 8.36. The molecule has 0 amide bonds. The average molecular weight is 434 g/mol. The van der Waals surface area contributed by atoms with Crippen molar-refractivity contribution in [2.75, 3.05) is 22.3 Å². The molecule has 4 N–H and O–H groups in total. The highest BCUT2D eigenvalue weighted by Crippen LogP contribution is 2.31. The molecule has 0 bridgehead atoms. The number of para-hydroxylation sites is 1. The Morgan fingerprint density at radius 1 is 0.793 bits per heavy atom. The van der Waals surface area contributed by atoms with Gasteiger partial charge in [-0.05, 0) is 36.4 Å². The zero-order valence-electron chi connectivity index (χ0n) is 15.4. The van der Waals surface area contributed by atoms with E-state index in [1.54, 1.807) is 30.3 Å². The molecule has 8 nitrogen and oxygen atoms in total. The van der Waals surface area contributed by atoms with Gasteiger partial charge in [0, 0.05) is 6.07 Å². The maximum atomic E-state index is 12.6. The number of sulfonamides is 2. The minimum atomic E-state index is -3.93. The quantitative estimate of drug-likeness (QED) is 0.492. The Balaban J connectivity index is 1.89. The summed E-state index contributed by atoms with van der Waals surface area (Å²) in [5.74, 6) is 0.144. The molecule has 3 aromatic carbocycles. The second-order valence-electron chi connectivity index (χ2n) is 5.98. The van der Waals surface area contributed by atoms with Gasteiger partial charge in [0.15, 0.2) is 0 Å². The van der Waals surface area contributed by atoms with Crippen molar-refractivity contribution in [3.05, 3.63) is 72.8 Å². The standard InChI is InChI=1S/C19H19N3O5S2/c1-27-18-13-14(21-29(25,26)19-10-6-5-9-16(19)20)11-12-17(18)22-28(23,24)15-7-3-2-4-8-15/h2-13,21-22H,20H2,1H3. The fraction of sp³-hybridized carbons (Fsp3) is 0.0526. The van der Waals surface area contributed by atoms with Crippen molar-refractivity contribution in [2.24, 2.45) is 0 Å². The molecule has 0 atom stereocenters. The van der Waals surface area contributed by atoms with Crippen molar-refractivity contribution in [1.29, 1.82) is 0 Å². The number of rotatable bonds is 7. The number of nitrogen functional groups attached to an aromatic ring is 1. The van der Waals surface area contributed by atoms with Gasteiger partial charge in [-0.15, -0.1) is 0 Å². The van der Waals surface area contributed by atoms with Crippen molar-refractivity contribution in [2.45, 2.75) is 9.79 Å². The summed E-state index contributed by atoms with van der Waals surface area (Å²) in [5, 5.41) is 0. The number of hydrogen-bond donors (Lipinski definition) is 3. The third-order valence-electron chi connectivity index (χ3n) is 3.96. The first-order valence-corrected chi connectivity index (χ1v) is 11.3. The zero-order chi connectivity index (χ0) is 21.1. The van der Waals surface area contributed by atoms with Gasteiger partial charge in [0.2, 0.25) is 0 Å². The summed E-state index contributed by atoms with van der Waals surface area (Å²) >= 11 is 0. The molecule has 152 valence electrons. The van der Waals surface area contributed by atoms with E-state index in [0.717, 1.165) is 0 Å². The van der Waals surface area contributed by atoms with Gasteiger partial charge < -0.3 is 10.5 Å². The molecule has 3 rings (SSSR count). The number of benzene rings is 3. The molecule has 0 saturated carbocycles. The molecule has 0 saturated heterocycles. The molecule has 3 aromatic rings. The Kier molecular flexibility index (Phi) is 5.66. The minimum Gasteiger partial charge on any atom is -0.494 e. The van der Waals surface area contributed by atoms with Crippen molar-refractivity contribution in [3.63, 3.8) is 0 Å². The Morgan fingerprint density at radius 3 is 2.10 bits per heavy atom. The lowest BCUT2D eigenvalue weighted by molar-refractivity contribution is 0.417. The van der Waals surface area contributed by atoms with Crippen molar-refractivity contribution in [3.8, 4) is 5.75 Å². The van der Waals surface area contributed by atoms with E-state index < -0.39 is 20.0 Å². The number of nitrogens with two attached hydrogens (primary N) is 1. The molecule has 29 heavy (non-hydrogen) atoms. The van der Waals surface area contributed by atoms with Crippen LogP contribution in [0.25, 0.3) is 0 Å². The van der Waals surface area contributed by atoms with Crippen LogP contribution < -0.4 is 19.9 Å². The van der Waals surface area contributed by atoms with Crippen LogP contribution in [0.3, 0.4) is 0 Å². The summed E-state index contributed by atoms with van der Waals surface area (Å²) in [6.07, 6.45) is 0. The molecule has 0 radical (unpaired) electrons. The van der Waals surface area contributed by atoms with Crippen LogP contribution in [0.4, 0.5) is 17.1 Å². The van der Waals surface area contributed by atoms with Gasteiger partial charge in [0.25, 0.3) is 20.0 Å². The monoisotopic (exact) mass is 433 g/mol. The highest BCUT2D eigenvalue weighted by Gasteiger charge is 2.20. The highest BCUT2D eigenvalue weighted by atomic mass is 32.2. The third-order valence-corrected chi connectivity index (χ3v) is 6.80. The normalized spacial score (nSPS) is 11.6. The van der Waals surface area contributed by atoms with Gasteiger partial charge in [-0.2, -0.15) is 0 Å². The number of nitrogens with one attached hydrogen (secondary N) is 2. The number of hydrogen-bond acceptors (Lipinski definition) is 6. The SMILES string of the molecule is COc1cc(NS(=O)(=O)c2ccccc2N)ccc1NS(=O)(=O)c1ccccc1. The predicted molar refractivity (Wildman–Crippen MR) is 112 cm³/mol. The van der Waals surface area contributed by atoms with Crippen LogP contribution in [-0.2, 0) is 20.0 Å². The van der Waals surface area contributed by atoms with Crippen molar-refractivity contribution >= 4 is 37.1 Å². The van der Waals surface area contributed by atoms with E-state index in [4.69, 9.17) is 10.5 Å². The highest BCUT2D eigenvalue weighted by molar-refractivity contribution is 7.93. The smallest absolute Gasteiger partial charge is 0.263 e. The molecule has 0 spiro atoms. The first kappa shape index (κ1) is 20.5. The van der Waals surface area contributed by atoms with Crippen molar-refractivity contribution < 1.29 is 21.6 Å². The van der Waals surface area contributed by atoms with Crippen molar-refractivity contribution in [1.82, 2.24) is 0 Å². The molecular formula is C19H19N3O5S2. The Labute approximate surface area is 169 Å². The Hall–Kier alpha value is -3.24. The van der Waals surface area contributed by atoms with Gasteiger partial charge in [-0.3, -0.25) is 9.44 Å². The van der Waals surface area contributed by atoms with Gasteiger partial charge >= 0.3 is 0 Å². The zero-order valence-corrected chi connectivity index (χ0v) is 17.0. The van der Waals surface area contributed by atoms with Gasteiger partial charge in [0.1, 0.15) is 10.6 Å². The largest absolute Gasteiger partial charge is 0.494 e. The molecule has 0 fully saturated rings. The van der Waals surface area contributed by atoms with E-state index in [0.29, 0.717) is 0 Å². The minimum absolute atomic E-state index is 0.0622. The molecule has 0 aromatic heterocycles. The lowest BCUT2D eigenvalue weighted by atomic mass is 10.2. The summed E-state index contributed by atoms with van der Waals surface area (Å²) < 4.78 is 60.2. The summed E-state index contributed by atoms with van der Waals surface area (Å²) in [7, 11) is -6.41. The van der Waals surface area contributed by atoms with E-state index in [1.807, 2.05) is 0 Å². The van der Waals surface area contributed by atoms with Crippen LogP contribution in [-0.4, -0.2) is 23.9 Å². The molecule has 0 aliphatic heterocycles. The molecule has 10 heteroatoms. The first-order chi connectivity index (χ1) is 13.7. The van der Waals surface area contributed by atoms with Crippen LogP contribution in [0, 0.1) is 0 Å². The number of ether oxygens (including phenoxy) is 1. The van der Waals surface area contributed by atoms with Crippen LogP contribution >= 0.6 is 0 Å². The summed E-state index contributed by atoms with van der Waals surface area (Å²) in [6, 6.07) is 18.1. The third kappa shape index (κ3) is 4.61. The van der Waals surface area contributed by atoms with Crippen LogP contribution in [0.15, 0.2) is 82.6 Å². The lowest BCUT2D eigenvalue weighted by Gasteiger charge is -2.15. The molecule has 0 heterocycles. The Bertz CT molecular complexity index is 1230. The van der Waals surface area contributed by atoms with Crippen LogP contribution in [0.5, 0.6) is 5.75 Å². The van der Waals surface area contributed by atoms with E-state index in [9.17, 15) is 16.8 Å². The summed E-state index contributed by atoms with van der Waals surface area (Å²) in [4.78, 5) is 0.0270. The van der Waals surface area contributed by atoms with E-state index in [1.165, 1.54) is 49.6 Å². The van der Waals surface area contributed by atoms with E-state index in [-0.39, 0.29) is 32.6 Å². The molecule has 0 unspecified atom stereocenters. The van der Waals surface area contributed by atoms with E-state index >= 15 is 0 Å². The van der Waals surface area contributed by atoms with Gasteiger partial charge in [-0.1, -0.05) is 30.3 Å². The fourth-order valence-electron chi connectivity index (χ4n) is 2.58. The summed E-state index contributed by atoms with van der Waals surface area (Å²) in [5.41, 5.74) is 6.21. The molecule has 0 aliphatic carbocycles. The summed E-state index contributed by atoms with van der Waals surface area (Å²) in [6.45, 7) is 0. The second kappa shape index (κ2) is 8.02. The number of anilines is 3. The van der Waals surface area contributed by atoms with Gasteiger partial charge in [-0.25, -0.2) is 16.8 Å². The second-order valence-corrected chi connectivity index (χ2v) is 9.31. The topological polar surface area (TPSA) is 128 Å².